The van der Waals surface area contributed by atoms with Crippen LogP contribution in [0.3, 0.4) is 0 Å². The Balaban J connectivity index is 1.73. The second-order valence-electron chi connectivity index (χ2n) is 7.12. The van der Waals surface area contributed by atoms with Crippen molar-refractivity contribution in [1.29, 1.82) is 0 Å². The number of benzene rings is 2. The largest absolute Gasteiger partial charge is 0.497 e. The molecule has 1 unspecified atom stereocenters. The summed E-state index contributed by atoms with van der Waals surface area (Å²) in [5.41, 5.74) is 2.53. The number of nitrogens with zero attached hydrogens (tertiary/aromatic N) is 1. The molecule has 0 aliphatic carbocycles. The van der Waals surface area contributed by atoms with Crippen molar-refractivity contribution in [2.75, 3.05) is 19.0 Å². The SMILES string of the molecule is COc1ccc2[nH]c3c(c2c1)CCN(C(=O)Nc1cccc(C)c1)C3C(F)(F)F. The molecule has 2 amide bonds. The number of aromatic nitrogens is 1. The first-order valence-electron chi connectivity index (χ1n) is 9.17. The number of rotatable bonds is 2. The van der Waals surface area contributed by atoms with Crippen molar-refractivity contribution in [3.63, 3.8) is 0 Å². The summed E-state index contributed by atoms with van der Waals surface area (Å²) in [4.78, 5) is 16.5. The summed E-state index contributed by atoms with van der Waals surface area (Å²) in [7, 11) is 1.51. The third kappa shape index (κ3) is 3.50. The minimum Gasteiger partial charge on any atom is -0.497 e. The van der Waals surface area contributed by atoms with Gasteiger partial charge in [-0.25, -0.2) is 4.79 Å². The topological polar surface area (TPSA) is 57.4 Å². The van der Waals surface area contributed by atoms with E-state index in [0.717, 1.165) is 10.5 Å². The number of urea groups is 1. The Bertz CT molecular complexity index is 1070. The minimum atomic E-state index is -4.62. The highest BCUT2D eigenvalue weighted by molar-refractivity contribution is 5.91. The number of carbonyl (C=O) groups excluding carboxylic acids is 1. The fourth-order valence-electron chi connectivity index (χ4n) is 3.87. The highest BCUT2D eigenvalue weighted by Gasteiger charge is 2.50. The number of nitrogens with one attached hydrogen (secondary N) is 2. The van der Waals surface area contributed by atoms with E-state index in [1.165, 1.54) is 7.11 Å². The normalized spacial score (nSPS) is 16.6. The third-order valence-corrected chi connectivity index (χ3v) is 5.17. The molecule has 3 aromatic rings. The Kier molecular flexibility index (Phi) is 4.64. The van der Waals surface area contributed by atoms with E-state index in [1.54, 1.807) is 36.4 Å². The molecule has 2 aromatic carbocycles. The van der Waals surface area contributed by atoms with Crippen LogP contribution in [0.5, 0.6) is 5.75 Å². The molecule has 0 spiro atoms. The molecule has 0 saturated carbocycles. The van der Waals surface area contributed by atoms with Crippen LogP contribution >= 0.6 is 0 Å². The van der Waals surface area contributed by atoms with Gasteiger partial charge < -0.3 is 19.9 Å². The molecule has 0 fully saturated rings. The van der Waals surface area contributed by atoms with Crippen LogP contribution < -0.4 is 10.1 Å². The summed E-state index contributed by atoms with van der Waals surface area (Å²) in [5, 5.41) is 3.28. The highest BCUT2D eigenvalue weighted by atomic mass is 19.4. The molecule has 152 valence electrons. The maximum atomic E-state index is 14.0. The lowest BCUT2D eigenvalue weighted by Crippen LogP contribution is -2.48. The summed E-state index contributed by atoms with van der Waals surface area (Å²) in [6.07, 6.45) is -4.31. The quantitative estimate of drug-likeness (QED) is 0.620. The van der Waals surface area contributed by atoms with Gasteiger partial charge in [0.1, 0.15) is 5.75 Å². The predicted molar refractivity (Wildman–Crippen MR) is 104 cm³/mol. The molecule has 5 nitrogen and oxygen atoms in total. The van der Waals surface area contributed by atoms with Crippen LogP contribution in [-0.2, 0) is 6.42 Å². The van der Waals surface area contributed by atoms with E-state index in [1.807, 2.05) is 13.0 Å². The van der Waals surface area contributed by atoms with Crippen LogP contribution in [0.1, 0.15) is 22.9 Å². The van der Waals surface area contributed by atoms with Gasteiger partial charge >= 0.3 is 12.2 Å². The van der Waals surface area contributed by atoms with Gasteiger partial charge in [-0.2, -0.15) is 13.2 Å². The first-order chi connectivity index (χ1) is 13.8. The van der Waals surface area contributed by atoms with Crippen molar-refractivity contribution in [3.05, 3.63) is 59.3 Å². The summed E-state index contributed by atoms with van der Waals surface area (Å²) in [5.74, 6) is 0.572. The second-order valence-corrected chi connectivity index (χ2v) is 7.12. The smallest absolute Gasteiger partial charge is 0.414 e. The number of hydrogen-bond acceptors (Lipinski definition) is 2. The fourth-order valence-corrected chi connectivity index (χ4v) is 3.87. The van der Waals surface area contributed by atoms with Gasteiger partial charge in [0, 0.05) is 23.1 Å². The zero-order valence-electron chi connectivity index (χ0n) is 15.9. The van der Waals surface area contributed by atoms with Crippen LogP contribution in [0.25, 0.3) is 10.9 Å². The van der Waals surface area contributed by atoms with E-state index in [-0.39, 0.29) is 12.2 Å². The van der Waals surface area contributed by atoms with Crippen LogP contribution in [0.15, 0.2) is 42.5 Å². The Labute approximate surface area is 165 Å². The van der Waals surface area contributed by atoms with Crippen molar-refractivity contribution >= 4 is 22.6 Å². The molecule has 4 rings (SSSR count). The number of anilines is 1. The number of ether oxygens (including phenoxy) is 1. The maximum absolute atomic E-state index is 14.0. The Hall–Kier alpha value is -3.16. The zero-order chi connectivity index (χ0) is 20.8. The number of amides is 2. The van der Waals surface area contributed by atoms with Crippen LogP contribution in [0.2, 0.25) is 0 Å². The number of alkyl halides is 3. The number of aromatic amines is 1. The summed E-state index contributed by atoms with van der Waals surface area (Å²) < 4.78 is 47.3. The van der Waals surface area contributed by atoms with Gasteiger partial charge in [-0.15, -0.1) is 0 Å². The number of halogens is 3. The van der Waals surface area contributed by atoms with Crippen LogP contribution in [0, 0.1) is 6.92 Å². The second kappa shape index (κ2) is 7.02. The van der Waals surface area contributed by atoms with E-state index in [2.05, 4.69) is 10.3 Å². The van der Waals surface area contributed by atoms with Crippen LogP contribution in [0.4, 0.5) is 23.7 Å². The number of carbonyl (C=O) groups is 1. The molecule has 1 aliphatic rings. The minimum absolute atomic E-state index is 0.00592. The molecular formula is C21H20F3N3O2. The van der Waals surface area contributed by atoms with Gasteiger partial charge in [-0.1, -0.05) is 12.1 Å². The average molecular weight is 403 g/mol. The monoisotopic (exact) mass is 403 g/mol. The van der Waals surface area contributed by atoms with Gasteiger partial charge in [0.25, 0.3) is 0 Å². The summed E-state index contributed by atoms with van der Waals surface area (Å²) in [6, 6.07) is 9.23. The van der Waals surface area contributed by atoms with E-state index in [9.17, 15) is 18.0 Å². The van der Waals surface area contributed by atoms with E-state index in [0.29, 0.717) is 34.3 Å². The molecular weight excluding hydrogens is 383 g/mol. The molecule has 1 aromatic heterocycles. The zero-order valence-corrected chi connectivity index (χ0v) is 15.9. The van der Waals surface area contributed by atoms with Crippen molar-refractivity contribution in [3.8, 4) is 5.75 Å². The summed E-state index contributed by atoms with van der Waals surface area (Å²) >= 11 is 0. The van der Waals surface area contributed by atoms with Gasteiger partial charge in [-0.05, 0) is 54.8 Å². The van der Waals surface area contributed by atoms with Crippen molar-refractivity contribution in [2.45, 2.75) is 25.6 Å². The molecule has 29 heavy (non-hydrogen) atoms. The Morgan fingerprint density at radius 3 is 2.72 bits per heavy atom. The Morgan fingerprint density at radius 1 is 1.24 bits per heavy atom. The average Bonchev–Trinajstić information content (AvgIpc) is 3.03. The van der Waals surface area contributed by atoms with Gasteiger partial charge in [0.05, 0.1) is 12.8 Å². The lowest BCUT2D eigenvalue weighted by Gasteiger charge is -2.36. The molecule has 0 radical (unpaired) electrons. The standard InChI is InChI=1S/C21H20F3N3O2/c1-12-4-3-5-13(10-12)25-20(28)27-9-8-15-16-11-14(29-2)6-7-17(16)26-18(15)19(27)21(22,23)24/h3-7,10-11,19,26H,8-9H2,1-2H3,(H,25,28). The maximum Gasteiger partial charge on any atom is 0.414 e. The van der Waals surface area contributed by atoms with Crippen LogP contribution in [-0.4, -0.2) is 35.7 Å². The molecule has 0 saturated heterocycles. The lowest BCUT2D eigenvalue weighted by molar-refractivity contribution is -0.180. The van der Waals surface area contributed by atoms with E-state index < -0.39 is 18.2 Å². The van der Waals surface area contributed by atoms with Crippen molar-refractivity contribution < 1.29 is 22.7 Å². The number of aryl methyl sites for hydroxylation is 1. The van der Waals surface area contributed by atoms with Gasteiger partial charge in [-0.3, -0.25) is 0 Å². The summed E-state index contributed by atoms with van der Waals surface area (Å²) in [6.45, 7) is 1.80. The highest BCUT2D eigenvalue weighted by Crippen LogP contribution is 2.44. The van der Waals surface area contributed by atoms with Crippen molar-refractivity contribution in [2.24, 2.45) is 0 Å². The third-order valence-electron chi connectivity index (χ3n) is 5.17. The lowest BCUT2D eigenvalue weighted by atomic mass is 9.97. The molecule has 1 aliphatic heterocycles. The number of H-pyrrole nitrogens is 1. The molecule has 1 atom stereocenters. The van der Waals surface area contributed by atoms with E-state index >= 15 is 0 Å². The molecule has 0 bridgehead atoms. The molecule has 2 heterocycles. The van der Waals surface area contributed by atoms with Gasteiger partial charge in [0.15, 0.2) is 6.04 Å². The number of methoxy groups -OCH3 is 1. The van der Waals surface area contributed by atoms with Crippen molar-refractivity contribution in [1.82, 2.24) is 9.88 Å². The first kappa shape index (κ1) is 19.2. The number of hydrogen-bond donors (Lipinski definition) is 2. The number of fused-ring (bicyclic) bond motifs is 3. The molecule has 2 N–H and O–H groups in total. The first-order valence-corrected chi connectivity index (χ1v) is 9.17. The fraction of sp³-hybridized carbons (Fsp3) is 0.286. The Morgan fingerprint density at radius 2 is 2.03 bits per heavy atom. The van der Waals surface area contributed by atoms with E-state index in [4.69, 9.17) is 4.74 Å². The van der Waals surface area contributed by atoms with Gasteiger partial charge in [0.2, 0.25) is 0 Å². The predicted octanol–water partition coefficient (Wildman–Crippen LogP) is 5.18. The molecule has 8 heteroatoms.